The van der Waals surface area contributed by atoms with Crippen LogP contribution in [0.25, 0.3) is 22.3 Å². The van der Waals surface area contributed by atoms with Gasteiger partial charge in [-0.25, -0.2) is 9.36 Å². The van der Waals surface area contributed by atoms with Crippen LogP contribution in [-0.4, -0.2) is 58.2 Å². The summed E-state index contributed by atoms with van der Waals surface area (Å²) in [5, 5.41) is 10.3. The Morgan fingerprint density at radius 1 is 1.03 bits per heavy atom. The van der Waals surface area contributed by atoms with E-state index >= 15 is 0 Å². The van der Waals surface area contributed by atoms with E-state index in [1.807, 2.05) is 36.7 Å². The Hall–Kier alpha value is -2.62. The Labute approximate surface area is 175 Å². The number of aromatic nitrogens is 4. The van der Waals surface area contributed by atoms with Gasteiger partial charge in [0.15, 0.2) is 0 Å². The minimum atomic E-state index is -0.457. The molecule has 1 fully saturated rings. The van der Waals surface area contributed by atoms with Crippen molar-refractivity contribution in [3.63, 3.8) is 0 Å². The smallest absolute Gasteiger partial charge is 0.478 e. The van der Waals surface area contributed by atoms with Gasteiger partial charge in [-0.2, -0.15) is 5.10 Å². The molecule has 8 nitrogen and oxygen atoms in total. The molecule has 1 aromatic carbocycles. The molecule has 0 spiro atoms. The van der Waals surface area contributed by atoms with E-state index in [-0.39, 0.29) is 0 Å². The van der Waals surface area contributed by atoms with Crippen LogP contribution in [0.15, 0.2) is 36.7 Å². The van der Waals surface area contributed by atoms with E-state index in [1.54, 1.807) is 16.5 Å². The summed E-state index contributed by atoms with van der Waals surface area (Å²) in [6, 6.07) is 5.98. The van der Waals surface area contributed by atoms with Gasteiger partial charge >= 0.3 is 7.12 Å². The first-order valence-electron chi connectivity index (χ1n) is 10.0. The van der Waals surface area contributed by atoms with Crippen LogP contribution in [0.4, 0.5) is 0 Å². The van der Waals surface area contributed by atoms with Crippen LogP contribution in [0.2, 0.25) is 0 Å². The molecule has 0 unspecified atom stereocenters. The fourth-order valence-corrected chi connectivity index (χ4v) is 3.70. The van der Waals surface area contributed by atoms with Crippen molar-refractivity contribution in [2.75, 3.05) is 20.3 Å². The zero-order valence-electron chi connectivity index (χ0n) is 17.9. The number of hydrogen-bond donors (Lipinski definition) is 0. The Kier molecular flexibility index (Phi) is 4.32. The monoisotopic (exact) mass is 408 g/mol. The SMILES string of the molecule is COc1nn(C2=CCOC2)cc1-n1cc2c(B3OC(C)(C)C(C)(C)O3)cccc2n1. The molecular weight excluding hydrogens is 383 g/mol. The van der Waals surface area contributed by atoms with E-state index in [0.29, 0.717) is 19.1 Å². The van der Waals surface area contributed by atoms with E-state index in [0.717, 1.165) is 27.8 Å². The fraction of sp³-hybridized carbons (Fsp3) is 0.429. The largest absolute Gasteiger partial charge is 0.495 e. The summed E-state index contributed by atoms with van der Waals surface area (Å²) in [6.45, 7) is 9.33. The normalized spacial score (nSPS) is 20.2. The maximum Gasteiger partial charge on any atom is 0.495 e. The standard InChI is InChI=1S/C21H25BN4O4/c1-20(2)21(3,4)30-22(29-20)16-7-6-8-17-15(16)11-26(23-17)18-12-25(24-19(18)27-5)14-9-10-28-13-14/h6-9,11-12H,10,13H2,1-5H3. The van der Waals surface area contributed by atoms with Gasteiger partial charge in [-0.15, -0.1) is 5.10 Å². The molecule has 1 saturated heterocycles. The Morgan fingerprint density at radius 3 is 2.47 bits per heavy atom. The highest BCUT2D eigenvalue weighted by Gasteiger charge is 2.52. The van der Waals surface area contributed by atoms with Crippen molar-refractivity contribution in [3.8, 4) is 11.6 Å². The van der Waals surface area contributed by atoms with Crippen LogP contribution in [-0.2, 0) is 14.0 Å². The molecule has 0 aliphatic carbocycles. The molecule has 30 heavy (non-hydrogen) atoms. The van der Waals surface area contributed by atoms with Crippen molar-refractivity contribution in [1.82, 2.24) is 19.6 Å². The van der Waals surface area contributed by atoms with Crippen molar-refractivity contribution >= 4 is 29.2 Å². The number of fused-ring (bicyclic) bond motifs is 1. The number of ether oxygens (including phenoxy) is 2. The lowest BCUT2D eigenvalue weighted by atomic mass is 9.77. The molecule has 0 N–H and O–H groups in total. The van der Waals surface area contributed by atoms with E-state index in [4.69, 9.17) is 23.9 Å². The van der Waals surface area contributed by atoms with E-state index < -0.39 is 18.3 Å². The van der Waals surface area contributed by atoms with Gasteiger partial charge in [0.05, 0.1) is 48.9 Å². The van der Waals surface area contributed by atoms with Crippen LogP contribution >= 0.6 is 0 Å². The molecular formula is C21H25BN4O4. The molecule has 3 aromatic rings. The summed E-state index contributed by atoms with van der Waals surface area (Å²) in [6.07, 6.45) is 5.88. The molecule has 0 radical (unpaired) electrons. The van der Waals surface area contributed by atoms with Gasteiger partial charge in [0, 0.05) is 11.6 Å². The Morgan fingerprint density at radius 2 is 1.80 bits per heavy atom. The molecule has 0 atom stereocenters. The molecule has 0 amide bonds. The van der Waals surface area contributed by atoms with E-state index in [9.17, 15) is 0 Å². The Balaban J connectivity index is 1.57. The molecule has 5 rings (SSSR count). The second kappa shape index (κ2) is 6.70. The number of benzene rings is 1. The zero-order valence-corrected chi connectivity index (χ0v) is 17.9. The third-order valence-corrected chi connectivity index (χ3v) is 6.17. The molecule has 2 aliphatic rings. The van der Waals surface area contributed by atoms with Crippen LogP contribution in [0.3, 0.4) is 0 Å². The minimum Gasteiger partial charge on any atom is -0.478 e. The third-order valence-electron chi connectivity index (χ3n) is 6.17. The molecule has 4 heterocycles. The summed E-state index contributed by atoms with van der Waals surface area (Å²) in [5.74, 6) is 0.493. The van der Waals surface area contributed by atoms with Gasteiger partial charge in [-0.3, -0.25) is 0 Å². The molecule has 2 aliphatic heterocycles. The summed E-state index contributed by atoms with van der Waals surface area (Å²) in [7, 11) is 1.15. The van der Waals surface area contributed by atoms with Crippen molar-refractivity contribution < 1.29 is 18.8 Å². The average molecular weight is 408 g/mol. The summed E-state index contributed by atoms with van der Waals surface area (Å²) < 4.78 is 27.0. The van der Waals surface area contributed by atoms with Gasteiger partial charge in [0.2, 0.25) is 0 Å². The third kappa shape index (κ3) is 2.96. The van der Waals surface area contributed by atoms with E-state index in [2.05, 4.69) is 32.8 Å². The second-order valence-electron chi connectivity index (χ2n) is 8.62. The van der Waals surface area contributed by atoms with Crippen molar-refractivity contribution in [2.45, 2.75) is 38.9 Å². The lowest BCUT2D eigenvalue weighted by molar-refractivity contribution is 0.00578. The number of nitrogens with zero attached hydrogens (tertiary/aromatic N) is 4. The minimum absolute atomic E-state index is 0.405. The predicted octanol–water partition coefficient (Wildman–Crippen LogP) is 2.40. The van der Waals surface area contributed by atoms with Crippen molar-refractivity contribution in [3.05, 3.63) is 36.7 Å². The topological polar surface area (TPSA) is 72.6 Å². The summed E-state index contributed by atoms with van der Waals surface area (Å²) >= 11 is 0. The average Bonchev–Trinajstić information content (AvgIpc) is 3.46. The van der Waals surface area contributed by atoms with Crippen molar-refractivity contribution in [2.24, 2.45) is 0 Å². The molecule has 9 heteroatoms. The van der Waals surface area contributed by atoms with Crippen LogP contribution in [0.1, 0.15) is 27.7 Å². The highest BCUT2D eigenvalue weighted by Crippen LogP contribution is 2.37. The van der Waals surface area contributed by atoms with Gasteiger partial charge in [0.1, 0.15) is 5.69 Å². The van der Waals surface area contributed by atoms with Crippen molar-refractivity contribution in [1.29, 1.82) is 0 Å². The zero-order chi connectivity index (χ0) is 21.1. The highest BCUT2D eigenvalue weighted by molar-refractivity contribution is 6.65. The van der Waals surface area contributed by atoms with Crippen LogP contribution < -0.4 is 10.2 Å². The van der Waals surface area contributed by atoms with Gasteiger partial charge < -0.3 is 18.8 Å². The lowest BCUT2D eigenvalue weighted by Crippen LogP contribution is -2.41. The first-order valence-corrected chi connectivity index (χ1v) is 10.0. The molecule has 0 bridgehead atoms. The summed E-state index contributed by atoms with van der Waals surface area (Å²) in [4.78, 5) is 0. The number of methoxy groups -OCH3 is 1. The quantitative estimate of drug-likeness (QED) is 0.618. The first kappa shape index (κ1) is 19.4. The van der Waals surface area contributed by atoms with Gasteiger partial charge in [0.25, 0.3) is 5.88 Å². The predicted molar refractivity (Wildman–Crippen MR) is 114 cm³/mol. The molecule has 156 valence electrons. The highest BCUT2D eigenvalue weighted by atomic mass is 16.7. The fourth-order valence-electron chi connectivity index (χ4n) is 3.70. The van der Waals surface area contributed by atoms with Gasteiger partial charge in [-0.1, -0.05) is 12.1 Å². The number of rotatable bonds is 4. The summed E-state index contributed by atoms with van der Waals surface area (Å²) in [5.41, 5.74) is 2.72. The van der Waals surface area contributed by atoms with Gasteiger partial charge in [-0.05, 0) is 45.3 Å². The Bertz CT molecular complexity index is 1130. The number of hydrogen-bond acceptors (Lipinski definition) is 6. The molecule has 2 aromatic heterocycles. The lowest BCUT2D eigenvalue weighted by Gasteiger charge is -2.32. The van der Waals surface area contributed by atoms with E-state index in [1.165, 1.54) is 0 Å². The maximum absolute atomic E-state index is 6.27. The maximum atomic E-state index is 6.27. The van der Waals surface area contributed by atoms with Crippen LogP contribution in [0.5, 0.6) is 5.88 Å². The van der Waals surface area contributed by atoms with Crippen LogP contribution in [0, 0.1) is 0 Å². The first-order chi connectivity index (χ1) is 14.3. The molecule has 0 saturated carbocycles. The second-order valence-corrected chi connectivity index (χ2v) is 8.62.